The van der Waals surface area contributed by atoms with Crippen LogP contribution in [0.4, 0.5) is 0 Å². The highest BCUT2D eigenvalue weighted by Gasteiger charge is 2.38. The first-order valence-electron chi connectivity index (χ1n) is 7.98. The molecule has 0 aromatic heterocycles. The van der Waals surface area contributed by atoms with Crippen LogP contribution in [0.1, 0.15) is 16.9 Å². The predicted octanol–water partition coefficient (Wildman–Crippen LogP) is 5.30. The molecule has 0 radical (unpaired) electrons. The van der Waals surface area contributed by atoms with E-state index in [1.54, 1.807) is 48.5 Å². The van der Waals surface area contributed by atoms with Gasteiger partial charge in [-0.05, 0) is 36.8 Å². The van der Waals surface area contributed by atoms with E-state index in [1.165, 1.54) is 0 Å². The minimum atomic E-state index is -3.71. The third-order valence-electron chi connectivity index (χ3n) is 3.71. The van der Waals surface area contributed by atoms with Crippen LogP contribution in [0.3, 0.4) is 0 Å². The number of hydrogen-bond acceptors (Lipinski definition) is 4. The number of para-hydroxylation sites is 2. The molecule has 0 aliphatic carbocycles. The summed E-state index contributed by atoms with van der Waals surface area (Å²) in [6, 6.07) is 25.4. The maximum atomic E-state index is 13.6. The maximum absolute atomic E-state index is 13.6. The summed E-state index contributed by atoms with van der Waals surface area (Å²) in [5, 5.41) is 0. The van der Waals surface area contributed by atoms with Crippen molar-refractivity contribution in [1.82, 2.24) is 0 Å². The van der Waals surface area contributed by atoms with E-state index in [0.29, 0.717) is 17.1 Å². The van der Waals surface area contributed by atoms with Crippen LogP contribution >= 0.6 is 7.60 Å². The van der Waals surface area contributed by atoms with Crippen LogP contribution in [0.2, 0.25) is 0 Å². The van der Waals surface area contributed by atoms with Gasteiger partial charge in [0, 0.05) is 0 Å². The number of rotatable bonds is 6. The van der Waals surface area contributed by atoms with Gasteiger partial charge < -0.3 is 14.8 Å². The molecule has 1 atom stereocenters. The summed E-state index contributed by atoms with van der Waals surface area (Å²) in [6.45, 7) is 1.98. The Morgan fingerprint density at radius 2 is 1.20 bits per heavy atom. The van der Waals surface area contributed by atoms with Crippen LogP contribution < -0.4 is 14.8 Å². The van der Waals surface area contributed by atoms with Crippen LogP contribution in [0.15, 0.2) is 84.9 Å². The monoisotopic (exact) mass is 353 g/mol. The molecule has 3 rings (SSSR count). The van der Waals surface area contributed by atoms with Crippen molar-refractivity contribution in [2.45, 2.75) is 12.7 Å². The van der Waals surface area contributed by atoms with Gasteiger partial charge in [-0.25, -0.2) is 4.57 Å². The zero-order valence-corrected chi connectivity index (χ0v) is 14.8. The van der Waals surface area contributed by atoms with E-state index in [-0.39, 0.29) is 0 Å². The first-order chi connectivity index (χ1) is 12.1. The Bertz CT molecular complexity index is 806. The van der Waals surface area contributed by atoms with Crippen LogP contribution in [-0.2, 0) is 4.57 Å². The number of nitrogens with two attached hydrogens (primary N) is 1. The van der Waals surface area contributed by atoms with Crippen molar-refractivity contribution in [2.75, 3.05) is 0 Å². The standard InChI is InChI=1S/C20H20NO3P/c1-16-12-14-17(15-13-16)20(21)25(22,23-18-8-4-2-5-9-18)24-19-10-6-3-7-11-19/h2-15,20H,21H2,1H3. The quantitative estimate of drug-likeness (QED) is 0.611. The summed E-state index contributed by atoms with van der Waals surface area (Å²) < 4.78 is 25.1. The molecule has 0 aliphatic heterocycles. The predicted molar refractivity (Wildman–Crippen MR) is 99.9 cm³/mol. The summed E-state index contributed by atoms with van der Waals surface area (Å²) in [4.78, 5) is 0. The lowest BCUT2D eigenvalue weighted by Gasteiger charge is -2.25. The summed E-state index contributed by atoms with van der Waals surface area (Å²) >= 11 is 0. The minimum absolute atomic E-state index is 0.448. The molecule has 5 heteroatoms. The molecule has 0 heterocycles. The van der Waals surface area contributed by atoms with Gasteiger partial charge in [-0.1, -0.05) is 66.2 Å². The molecule has 0 spiro atoms. The Balaban J connectivity index is 1.95. The maximum Gasteiger partial charge on any atom is 0.451 e. The van der Waals surface area contributed by atoms with Crippen molar-refractivity contribution >= 4 is 7.60 Å². The fourth-order valence-corrected chi connectivity index (χ4v) is 3.97. The zero-order chi connectivity index (χ0) is 17.7. The Hall–Kier alpha value is -2.55. The molecule has 0 aliphatic rings. The molecule has 0 saturated heterocycles. The van der Waals surface area contributed by atoms with Gasteiger partial charge in [-0.3, -0.25) is 0 Å². The molecule has 0 saturated carbocycles. The van der Waals surface area contributed by atoms with Crippen molar-refractivity contribution < 1.29 is 13.6 Å². The first kappa shape index (κ1) is 17.3. The molecule has 4 nitrogen and oxygen atoms in total. The van der Waals surface area contributed by atoms with Gasteiger partial charge in [0.1, 0.15) is 11.5 Å². The molecule has 0 fully saturated rings. The van der Waals surface area contributed by atoms with Gasteiger partial charge in [0.05, 0.1) is 0 Å². The summed E-state index contributed by atoms with van der Waals surface area (Å²) in [7, 11) is -3.71. The average Bonchev–Trinajstić information content (AvgIpc) is 2.63. The van der Waals surface area contributed by atoms with Gasteiger partial charge >= 0.3 is 7.60 Å². The highest BCUT2D eigenvalue weighted by molar-refractivity contribution is 7.55. The van der Waals surface area contributed by atoms with Crippen LogP contribution in [-0.4, -0.2) is 0 Å². The second-order valence-corrected chi connectivity index (χ2v) is 7.71. The molecule has 2 N–H and O–H groups in total. The fourth-order valence-electron chi connectivity index (χ4n) is 2.33. The molecule has 1 unspecified atom stereocenters. The van der Waals surface area contributed by atoms with Gasteiger partial charge in [-0.2, -0.15) is 0 Å². The van der Waals surface area contributed by atoms with E-state index >= 15 is 0 Å². The third kappa shape index (κ3) is 4.30. The Morgan fingerprint density at radius 3 is 1.64 bits per heavy atom. The van der Waals surface area contributed by atoms with Crippen LogP contribution in [0, 0.1) is 6.92 Å². The fraction of sp³-hybridized carbons (Fsp3) is 0.100. The summed E-state index contributed by atoms with van der Waals surface area (Å²) in [5.41, 5.74) is 8.10. The highest BCUT2D eigenvalue weighted by atomic mass is 31.2. The first-order valence-corrected chi connectivity index (χ1v) is 9.59. The van der Waals surface area contributed by atoms with E-state index in [9.17, 15) is 4.57 Å². The molecule has 0 bridgehead atoms. The number of hydrogen-bond donors (Lipinski definition) is 1. The Kier molecular flexibility index (Phi) is 5.22. The van der Waals surface area contributed by atoms with Crippen molar-refractivity contribution in [3.8, 4) is 11.5 Å². The summed E-state index contributed by atoms with van der Waals surface area (Å²) in [6.07, 6.45) is 0. The van der Waals surface area contributed by atoms with Gasteiger partial charge in [0.25, 0.3) is 0 Å². The van der Waals surface area contributed by atoms with Crippen molar-refractivity contribution in [3.63, 3.8) is 0 Å². The summed E-state index contributed by atoms with van der Waals surface area (Å²) in [5.74, 6) is -0.0119. The van der Waals surface area contributed by atoms with Gasteiger partial charge in [0.15, 0.2) is 5.78 Å². The molecule has 25 heavy (non-hydrogen) atoms. The van der Waals surface area contributed by atoms with Crippen LogP contribution in [0.5, 0.6) is 11.5 Å². The van der Waals surface area contributed by atoms with Crippen LogP contribution in [0.25, 0.3) is 0 Å². The second-order valence-electron chi connectivity index (χ2n) is 5.70. The van der Waals surface area contributed by atoms with Gasteiger partial charge in [0.2, 0.25) is 0 Å². The molecule has 0 amide bonds. The van der Waals surface area contributed by atoms with E-state index in [1.807, 2.05) is 43.3 Å². The Labute approximate surface area is 147 Å². The third-order valence-corrected chi connectivity index (χ3v) is 5.62. The largest absolute Gasteiger partial charge is 0.451 e. The molecular formula is C20H20NO3P. The molecule has 3 aromatic rings. The molecule has 128 valence electrons. The van der Waals surface area contributed by atoms with E-state index < -0.39 is 13.4 Å². The molecular weight excluding hydrogens is 333 g/mol. The number of aryl methyl sites for hydroxylation is 1. The van der Waals surface area contributed by atoms with Crippen molar-refractivity contribution in [3.05, 3.63) is 96.1 Å². The van der Waals surface area contributed by atoms with Crippen molar-refractivity contribution in [1.29, 1.82) is 0 Å². The lowest BCUT2D eigenvalue weighted by atomic mass is 10.1. The highest BCUT2D eigenvalue weighted by Crippen LogP contribution is 2.57. The second kappa shape index (κ2) is 7.56. The smallest absolute Gasteiger partial charge is 0.415 e. The average molecular weight is 353 g/mol. The van der Waals surface area contributed by atoms with E-state index in [2.05, 4.69) is 0 Å². The SMILES string of the molecule is Cc1ccc(C(N)P(=O)(Oc2ccccc2)Oc2ccccc2)cc1. The Morgan fingerprint density at radius 1 is 0.760 bits per heavy atom. The minimum Gasteiger partial charge on any atom is -0.415 e. The zero-order valence-electron chi connectivity index (χ0n) is 13.9. The topological polar surface area (TPSA) is 61.6 Å². The lowest BCUT2D eigenvalue weighted by molar-refractivity contribution is 0.373. The normalized spacial score (nSPS) is 12.4. The lowest BCUT2D eigenvalue weighted by Crippen LogP contribution is -2.18. The molecule has 3 aromatic carbocycles. The van der Waals surface area contributed by atoms with Crippen molar-refractivity contribution in [2.24, 2.45) is 5.73 Å². The van der Waals surface area contributed by atoms with E-state index in [0.717, 1.165) is 5.56 Å². The van der Waals surface area contributed by atoms with Gasteiger partial charge in [-0.15, -0.1) is 0 Å². The number of benzene rings is 3. The van der Waals surface area contributed by atoms with E-state index in [4.69, 9.17) is 14.8 Å².